The summed E-state index contributed by atoms with van der Waals surface area (Å²) in [5.74, 6) is -1.45. The summed E-state index contributed by atoms with van der Waals surface area (Å²) in [4.78, 5) is 0. The highest BCUT2D eigenvalue weighted by atomic mass is 35.6. The van der Waals surface area contributed by atoms with Gasteiger partial charge in [-0.15, -0.1) is 0 Å². The van der Waals surface area contributed by atoms with E-state index in [1.165, 1.54) is 0 Å². The molecule has 9 heteroatoms. The van der Waals surface area contributed by atoms with E-state index in [9.17, 15) is 5.11 Å². The number of aliphatic hydroxyl groups excluding tert-OH is 1. The highest BCUT2D eigenvalue weighted by Crippen LogP contribution is 2.71. The topological polar surface area (TPSA) is 38.7 Å². The molecule has 1 N–H and O–H groups in total. The van der Waals surface area contributed by atoms with Crippen molar-refractivity contribution in [2.45, 2.75) is 57.9 Å². The average molecular weight is 419 g/mol. The minimum Gasteiger partial charge on any atom is -0.390 e. The molecule has 0 unspecified atom stereocenters. The number of aliphatic hydroxyl groups is 1. The molecule has 0 aromatic rings. The fraction of sp³-hybridized carbons (Fsp3) is 1.00. The molecule has 2 aliphatic heterocycles. The van der Waals surface area contributed by atoms with Crippen LogP contribution in [0.25, 0.3) is 0 Å². The lowest BCUT2D eigenvalue weighted by atomic mass is 9.54. The zero-order valence-electron chi connectivity index (χ0n) is 11.0. The van der Waals surface area contributed by atoms with Gasteiger partial charge in [0.2, 0.25) is 13.4 Å². The van der Waals surface area contributed by atoms with Gasteiger partial charge < -0.3 is 14.6 Å². The van der Waals surface area contributed by atoms with Crippen LogP contribution in [-0.4, -0.2) is 36.8 Å². The quantitative estimate of drug-likeness (QED) is 0.593. The first kappa shape index (κ1) is 17.4. The van der Waals surface area contributed by atoms with Gasteiger partial charge in [0.1, 0.15) is 6.10 Å². The monoisotopic (exact) mass is 416 g/mol. The predicted molar refractivity (Wildman–Crippen MR) is 84.5 cm³/mol. The van der Waals surface area contributed by atoms with Gasteiger partial charge in [-0.05, 0) is 25.2 Å². The van der Waals surface area contributed by atoms with Gasteiger partial charge in [-0.3, -0.25) is 0 Å². The molecule has 3 rings (SSSR count). The number of alkyl halides is 6. The third-order valence-corrected chi connectivity index (χ3v) is 6.62. The summed E-state index contributed by atoms with van der Waals surface area (Å²) < 4.78 is 8.12. The van der Waals surface area contributed by atoms with Crippen molar-refractivity contribution >= 4 is 69.6 Å². The first-order valence-electron chi connectivity index (χ1n) is 6.60. The van der Waals surface area contributed by atoms with E-state index < -0.39 is 37.1 Å². The average Bonchev–Trinajstić information content (AvgIpc) is 2.30. The molecule has 0 aromatic carbocycles. The maximum atomic E-state index is 10.1. The van der Waals surface area contributed by atoms with E-state index in [-0.39, 0.29) is 5.92 Å². The molecule has 1 saturated carbocycles. The standard InChI is InChI=1S/C12H14Cl6O3/c1-9-5-2-3-6(19)8(9)21-11(9,12(16,17)18)20-7(4-5)10(13,14)15/h5-8,19H,2-4H2,1H3/t5-,6-,7+,8+,9-,11-/m0/s1. The van der Waals surface area contributed by atoms with Gasteiger partial charge in [-0.2, -0.15) is 0 Å². The SMILES string of the molecule is C[C@]12[C@H]3CC[C@H](O)[C@H]1O[C@@]2(C(Cl)(Cl)Cl)O[C@@H](C(Cl)(Cl)Cl)C3. The molecule has 21 heavy (non-hydrogen) atoms. The van der Waals surface area contributed by atoms with Crippen molar-refractivity contribution in [1.29, 1.82) is 0 Å². The summed E-state index contributed by atoms with van der Waals surface area (Å²) in [6.07, 6.45) is 0.0612. The van der Waals surface area contributed by atoms with Crippen molar-refractivity contribution in [3.63, 3.8) is 0 Å². The van der Waals surface area contributed by atoms with Gasteiger partial charge in [0, 0.05) is 0 Å². The molecule has 3 nitrogen and oxygen atoms in total. The molecule has 0 spiro atoms. The predicted octanol–water partition coefficient (Wildman–Crippen LogP) is 4.39. The molecular formula is C12H14Cl6O3. The van der Waals surface area contributed by atoms with E-state index in [0.717, 1.165) is 6.42 Å². The second kappa shape index (κ2) is 5.06. The lowest BCUT2D eigenvalue weighted by molar-refractivity contribution is -0.483. The minimum atomic E-state index is -1.86. The van der Waals surface area contributed by atoms with E-state index in [4.69, 9.17) is 79.1 Å². The highest BCUT2D eigenvalue weighted by Gasteiger charge is 2.81. The van der Waals surface area contributed by atoms with Gasteiger partial charge in [-0.25, -0.2) is 0 Å². The van der Waals surface area contributed by atoms with Crippen LogP contribution in [0.1, 0.15) is 26.2 Å². The number of ether oxygens (including phenoxy) is 2. The van der Waals surface area contributed by atoms with Crippen LogP contribution >= 0.6 is 69.6 Å². The molecule has 0 bridgehead atoms. The fourth-order valence-electron chi connectivity index (χ4n) is 4.02. The first-order chi connectivity index (χ1) is 9.43. The van der Waals surface area contributed by atoms with Crippen molar-refractivity contribution in [1.82, 2.24) is 0 Å². The first-order valence-corrected chi connectivity index (χ1v) is 8.87. The number of halogens is 6. The molecule has 122 valence electrons. The Balaban J connectivity index is 2.03. The Morgan fingerprint density at radius 3 is 2.19 bits per heavy atom. The lowest BCUT2D eigenvalue weighted by Crippen LogP contribution is -2.83. The van der Waals surface area contributed by atoms with Crippen LogP contribution in [0.5, 0.6) is 0 Å². The molecule has 1 aliphatic carbocycles. The van der Waals surface area contributed by atoms with E-state index >= 15 is 0 Å². The molecule has 3 fully saturated rings. The van der Waals surface area contributed by atoms with Crippen LogP contribution in [0.15, 0.2) is 0 Å². The Hall–Kier alpha value is 1.62. The Kier molecular flexibility index (Phi) is 4.20. The van der Waals surface area contributed by atoms with Crippen LogP contribution in [0.2, 0.25) is 0 Å². The summed E-state index contributed by atoms with van der Waals surface area (Å²) in [6.45, 7) is 1.91. The van der Waals surface area contributed by atoms with Crippen LogP contribution in [-0.2, 0) is 9.47 Å². The Labute approximate surface area is 153 Å². The maximum absolute atomic E-state index is 10.1. The van der Waals surface area contributed by atoms with Crippen LogP contribution < -0.4 is 0 Å². The van der Waals surface area contributed by atoms with Gasteiger partial charge in [-0.1, -0.05) is 76.5 Å². The van der Waals surface area contributed by atoms with Crippen molar-refractivity contribution in [3.05, 3.63) is 0 Å². The van der Waals surface area contributed by atoms with E-state index in [1.54, 1.807) is 0 Å². The fourth-order valence-corrected chi connectivity index (χ4v) is 5.30. The second-order valence-electron chi connectivity index (χ2n) is 6.16. The molecule has 0 aromatic heterocycles. The molecular weight excluding hydrogens is 405 g/mol. The smallest absolute Gasteiger partial charge is 0.244 e. The number of rotatable bonds is 0. The van der Waals surface area contributed by atoms with Gasteiger partial charge in [0.25, 0.3) is 0 Å². The summed E-state index contributed by atoms with van der Waals surface area (Å²) in [5.41, 5.74) is -0.637. The van der Waals surface area contributed by atoms with E-state index in [1.807, 2.05) is 6.92 Å². The summed E-state index contributed by atoms with van der Waals surface area (Å²) in [6, 6.07) is 0. The summed E-state index contributed by atoms with van der Waals surface area (Å²) >= 11 is 36.4. The van der Waals surface area contributed by atoms with Crippen LogP contribution in [0.4, 0.5) is 0 Å². The van der Waals surface area contributed by atoms with Crippen molar-refractivity contribution in [3.8, 4) is 0 Å². The van der Waals surface area contributed by atoms with Crippen molar-refractivity contribution < 1.29 is 14.6 Å². The molecule has 2 heterocycles. The number of hydrogen-bond donors (Lipinski definition) is 1. The van der Waals surface area contributed by atoms with Crippen molar-refractivity contribution in [2.24, 2.45) is 11.3 Å². The Morgan fingerprint density at radius 2 is 1.67 bits per heavy atom. The Morgan fingerprint density at radius 1 is 1.05 bits per heavy atom. The molecule has 0 amide bonds. The van der Waals surface area contributed by atoms with Gasteiger partial charge >= 0.3 is 0 Å². The third kappa shape index (κ3) is 2.26. The largest absolute Gasteiger partial charge is 0.390 e. The number of hydrogen-bond acceptors (Lipinski definition) is 3. The van der Waals surface area contributed by atoms with Crippen molar-refractivity contribution in [2.75, 3.05) is 0 Å². The Bertz CT molecular complexity index is 449. The molecule has 2 saturated heterocycles. The lowest BCUT2D eigenvalue weighted by Gasteiger charge is -2.72. The maximum Gasteiger partial charge on any atom is 0.244 e. The highest BCUT2D eigenvalue weighted by molar-refractivity contribution is 6.69. The zero-order chi connectivity index (χ0) is 15.8. The summed E-state index contributed by atoms with van der Waals surface area (Å²) in [5, 5.41) is 10.1. The van der Waals surface area contributed by atoms with Gasteiger partial charge in [0.15, 0.2) is 0 Å². The molecule has 3 aliphatic rings. The molecule has 6 atom stereocenters. The zero-order valence-corrected chi connectivity index (χ0v) is 15.5. The summed E-state index contributed by atoms with van der Waals surface area (Å²) in [7, 11) is 0. The third-order valence-electron chi connectivity index (χ3n) is 5.15. The van der Waals surface area contributed by atoms with E-state index in [2.05, 4.69) is 0 Å². The van der Waals surface area contributed by atoms with E-state index in [0.29, 0.717) is 12.8 Å². The minimum absolute atomic E-state index is 0.0737. The second-order valence-corrected chi connectivity index (χ2v) is 10.8. The van der Waals surface area contributed by atoms with Crippen LogP contribution in [0, 0.1) is 11.3 Å². The normalized spacial score (nSPS) is 50.3. The van der Waals surface area contributed by atoms with Crippen LogP contribution in [0.3, 0.4) is 0 Å². The van der Waals surface area contributed by atoms with Gasteiger partial charge in [0.05, 0.1) is 17.6 Å². The molecule has 0 radical (unpaired) electrons.